The Bertz CT molecular complexity index is 1150. The van der Waals surface area contributed by atoms with Crippen molar-refractivity contribution in [1.82, 2.24) is 24.3 Å². The first-order valence-corrected chi connectivity index (χ1v) is 12.6. The monoisotopic (exact) mass is 512 g/mol. The number of urea groups is 1. The number of nitrogens with zero attached hydrogens (tertiary/aromatic N) is 5. The van der Waals surface area contributed by atoms with E-state index in [1.54, 1.807) is 17.2 Å². The summed E-state index contributed by atoms with van der Waals surface area (Å²) in [5.41, 5.74) is 11.5. The van der Waals surface area contributed by atoms with E-state index in [1.807, 2.05) is 24.3 Å². The SMILES string of the molecule is C[C@](N)(CO)C(=O)N1CCN(C(=O)Nc2ccn(-c3ccc(CN4CC(CCN)C4)cc3)c(=O)n2)CC1. The molecule has 0 unspecified atom stereocenters. The van der Waals surface area contributed by atoms with Crippen molar-refractivity contribution < 1.29 is 14.7 Å². The molecule has 2 saturated heterocycles. The number of nitrogens with one attached hydrogen (secondary N) is 1. The Labute approximate surface area is 215 Å². The molecule has 2 aliphatic rings. The summed E-state index contributed by atoms with van der Waals surface area (Å²) >= 11 is 0. The first-order chi connectivity index (χ1) is 17.7. The zero-order chi connectivity index (χ0) is 26.6. The van der Waals surface area contributed by atoms with E-state index in [-0.39, 0.29) is 11.7 Å². The average Bonchev–Trinajstić information content (AvgIpc) is 2.87. The molecule has 2 aliphatic heterocycles. The van der Waals surface area contributed by atoms with Crippen LogP contribution in [-0.4, -0.2) is 99.3 Å². The molecule has 0 aliphatic carbocycles. The molecule has 1 aromatic heterocycles. The molecule has 0 saturated carbocycles. The van der Waals surface area contributed by atoms with E-state index < -0.39 is 23.9 Å². The number of anilines is 1. The molecule has 0 radical (unpaired) electrons. The van der Waals surface area contributed by atoms with Gasteiger partial charge in [0.25, 0.3) is 0 Å². The van der Waals surface area contributed by atoms with Crippen LogP contribution in [0.4, 0.5) is 10.6 Å². The zero-order valence-corrected chi connectivity index (χ0v) is 21.2. The maximum Gasteiger partial charge on any atom is 0.354 e. The number of carbonyl (C=O) groups is 2. The van der Waals surface area contributed by atoms with Crippen LogP contribution >= 0.6 is 0 Å². The lowest BCUT2D eigenvalue weighted by atomic mass is 9.96. The van der Waals surface area contributed by atoms with Gasteiger partial charge in [0, 0.05) is 52.0 Å². The highest BCUT2D eigenvalue weighted by molar-refractivity contribution is 5.89. The fourth-order valence-corrected chi connectivity index (χ4v) is 4.64. The number of aliphatic hydroxyl groups excluding tert-OH is 1. The Kier molecular flexibility index (Phi) is 8.22. The van der Waals surface area contributed by atoms with Crippen molar-refractivity contribution in [2.75, 3.05) is 57.7 Å². The Morgan fingerprint density at radius 3 is 2.35 bits per heavy atom. The van der Waals surface area contributed by atoms with Gasteiger partial charge in [-0.2, -0.15) is 4.98 Å². The van der Waals surface area contributed by atoms with Crippen LogP contribution in [0.25, 0.3) is 5.69 Å². The molecule has 6 N–H and O–H groups in total. The Hall–Kier alpha value is -3.32. The standard InChI is InChI=1S/C25H36N8O4/c1-25(27,17-34)22(35)31-10-12-32(13-11-31)23(36)28-21-7-9-33(24(37)29-21)20-4-2-18(3-5-20)14-30-15-19(16-30)6-8-26/h2-5,7,9,19,34H,6,8,10-17,26-27H2,1H3,(H,28,29,36,37)/t25-/m0/s1. The number of nitrogens with two attached hydrogens (primary N) is 2. The second kappa shape index (κ2) is 11.4. The van der Waals surface area contributed by atoms with E-state index in [4.69, 9.17) is 11.5 Å². The predicted molar refractivity (Wildman–Crippen MR) is 139 cm³/mol. The molecule has 200 valence electrons. The van der Waals surface area contributed by atoms with Gasteiger partial charge in [-0.1, -0.05) is 12.1 Å². The topological polar surface area (TPSA) is 163 Å². The van der Waals surface area contributed by atoms with E-state index in [9.17, 15) is 19.5 Å². The molecule has 0 spiro atoms. The number of carbonyl (C=O) groups excluding carboxylic acids is 2. The highest BCUT2D eigenvalue weighted by Crippen LogP contribution is 2.21. The van der Waals surface area contributed by atoms with Gasteiger partial charge in [-0.05, 0) is 49.6 Å². The summed E-state index contributed by atoms with van der Waals surface area (Å²) in [5, 5.41) is 12.0. The number of likely N-dealkylation sites (tertiary alicyclic amines) is 1. The van der Waals surface area contributed by atoms with Crippen LogP contribution in [0.1, 0.15) is 18.9 Å². The minimum Gasteiger partial charge on any atom is -0.394 e. The first kappa shape index (κ1) is 26.7. The normalized spacial score (nSPS) is 18.3. The Morgan fingerprint density at radius 1 is 1.11 bits per heavy atom. The maximum atomic E-state index is 12.7. The number of piperazine rings is 1. The summed E-state index contributed by atoms with van der Waals surface area (Å²) in [6.45, 7) is 5.96. The third kappa shape index (κ3) is 6.34. The van der Waals surface area contributed by atoms with Crippen molar-refractivity contribution >= 4 is 17.8 Å². The van der Waals surface area contributed by atoms with Gasteiger partial charge < -0.3 is 26.4 Å². The number of amides is 3. The number of hydrogen-bond acceptors (Lipinski definition) is 8. The zero-order valence-electron chi connectivity index (χ0n) is 21.2. The van der Waals surface area contributed by atoms with Crippen LogP contribution in [0.3, 0.4) is 0 Å². The molecule has 12 heteroatoms. The van der Waals surface area contributed by atoms with Crippen molar-refractivity contribution in [1.29, 1.82) is 0 Å². The highest BCUT2D eigenvalue weighted by Gasteiger charge is 2.34. The van der Waals surface area contributed by atoms with Gasteiger partial charge in [-0.15, -0.1) is 0 Å². The fraction of sp³-hybridized carbons (Fsp3) is 0.520. The first-order valence-electron chi connectivity index (χ1n) is 12.6. The van der Waals surface area contributed by atoms with Crippen molar-refractivity contribution in [3.8, 4) is 5.69 Å². The van der Waals surface area contributed by atoms with E-state index >= 15 is 0 Å². The van der Waals surface area contributed by atoms with Gasteiger partial charge in [0.1, 0.15) is 11.4 Å². The minimum absolute atomic E-state index is 0.154. The van der Waals surface area contributed by atoms with Crippen LogP contribution in [0, 0.1) is 5.92 Å². The highest BCUT2D eigenvalue weighted by atomic mass is 16.3. The van der Waals surface area contributed by atoms with E-state index in [0.717, 1.165) is 32.6 Å². The Morgan fingerprint density at radius 2 is 1.76 bits per heavy atom. The summed E-state index contributed by atoms with van der Waals surface area (Å²) < 4.78 is 1.43. The van der Waals surface area contributed by atoms with Crippen LogP contribution in [-0.2, 0) is 11.3 Å². The van der Waals surface area contributed by atoms with Crippen molar-refractivity contribution in [3.05, 3.63) is 52.6 Å². The molecule has 2 aromatic rings. The Balaban J connectivity index is 1.30. The van der Waals surface area contributed by atoms with E-state index in [2.05, 4.69) is 15.2 Å². The lowest BCUT2D eigenvalue weighted by Gasteiger charge is -2.39. The average molecular weight is 513 g/mol. The fourth-order valence-electron chi connectivity index (χ4n) is 4.64. The van der Waals surface area contributed by atoms with E-state index in [0.29, 0.717) is 37.8 Å². The smallest absolute Gasteiger partial charge is 0.354 e. The third-order valence-corrected chi connectivity index (χ3v) is 6.94. The van der Waals surface area contributed by atoms with Crippen LogP contribution in [0.5, 0.6) is 0 Å². The predicted octanol–water partition coefficient (Wildman–Crippen LogP) is -0.601. The molecule has 2 fully saturated rings. The second-order valence-electron chi connectivity index (χ2n) is 10.1. The third-order valence-electron chi connectivity index (χ3n) is 6.94. The number of benzene rings is 1. The minimum atomic E-state index is -1.35. The molecular formula is C25H36N8O4. The molecule has 1 aromatic carbocycles. The molecule has 3 amide bonds. The molecule has 37 heavy (non-hydrogen) atoms. The van der Waals surface area contributed by atoms with Crippen molar-refractivity contribution in [2.45, 2.75) is 25.4 Å². The van der Waals surface area contributed by atoms with Gasteiger partial charge >= 0.3 is 11.7 Å². The summed E-state index contributed by atoms with van der Waals surface area (Å²) in [5.74, 6) is 0.493. The van der Waals surface area contributed by atoms with Gasteiger partial charge in [0.15, 0.2) is 0 Å². The van der Waals surface area contributed by atoms with Crippen molar-refractivity contribution in [2.24, 2.45) is 17.4 Å². The number of rotatable bonds is 8. The maximum absolute atomic E-state index is 12.7. The van der Waals surface area contributed by atoms with Gasteiger partial charge in [-0.3, -0.25) is 19.6 Å². The lowest BCUT2D eigenvalue weighted by molar-refractivity contribution is -0.139. The van der Waals surface area contributed by atoms with E-state index in [1.165, 1.54) is 22.0 Å². The molecule has 3 heterocycles. The van der Waals surface area contributed by atoms with Gasteiger partial charge in [-0.25, -0.2) is 9.59 Å². The molecular weight excluding hydrogens is 476 g/mol. The van der Waals surface area contributed by atoms with Crippen molar-refractivity contribution in [3.63, 3.8) is 0 Å². The number of aliphatic hydroxyl groups is 1. The van der Waals surface area contributed by atoms with Crippen LogP contribution in [0.15, 0.2) is 41.3 Å². The lowest BCUT2D eigenvalue weighted by Crippen LogP contribution is -2.60. The van der Waals surface area contributed by atoms with Gasteiger partial charge in [0.05, 0.1) is 12.3 Å². The summed E-state index contributed by atoms with van der Waals surface area (Å²) in [4.78, 5) is 47.2. The second-order valence-corrected chi connectivity index (χ2v) is 10.1. The molecule has 1 atom stereocenters. The molecule has 12 nitrogen and oxygen atoms in total. The van der Waals surface area contributed by atoms with Crippen LogP contribution < -0.4 is 22.5 Å². The largest absolute Gasteiger partial charge is 0.394 e. The summed E-state index contributed by atoms with van der Waals surface area (Å²) in [6, 6.07) is 8.96. The summed E-state index contributed by atoms with van der Waals surface area (Å²) in [6.07, 6.45) is 2.65. The molecule has 4 rings (SSSR count). The summed E-state index contributed by atoms with van der Waals surface area (Å²) in [7, 11) is 0. The molecule has 0 bridgehead atoms. The number of hydrogen-bond donors (Lipinski definition) is 4. The quantitative estimate of drug-likeness (QED) is 0.364. The van der Waals surface area contributed by atoms with Crippen LogP contribution in [0.2, 0.25) is 0 Å². The number of aromatic nitrogens is 2. The van der Waals surface area contributed by atoms with Gasteiger partial charge in [0.2, 0.25) is 5.91 Å².